The van der Waals surface area contributed by atoms with E-state index in [0.29, 0.717) is 11.6 Å². The molecule has 0 atom stereocenters. The molecule has 0 aliphatic carbocycles. The normalized spacial score (nSPS) is 10.6. The van der Waals surface area contributed by atoms with Crippen LogP contribution in [0.2, 0.25) is 5.02 Å². The van der Waals surface area contributed by atoms with Crippen LogP contribution in [0.3, 0.4) is 0 Å². The number of carbonyl (C=O) groups excluding carboxylic acids is 1. The quantitative estimate of drug-likeness (QED) is 0.934. The minimum atomic E-state index is -0.283. The van der Waals surface area contributed by atoms with Crippen molar-refractivity contribution in [2.75, 3.05) is 0 Å². The number of hydrogen-bond donors (Lipinski definition) is 1. The van der Waals surface area contributed by atoms with Gasteiger partial charge in [0.25, 0.3) is 5.91 Å². The van der Waals surface area contributed by atoms with Crippen molar-refractivity contribution >= 4 is 28.8 Å². The highest BCUT2D eigenvalue weighted by Gasteiger charge is 2.14. The summed E-state index contributed by atoms with van der Waals surface area (Å²) in [4.78, 5) is 16.2. The number of thiazole rings is 1. The summed E-state index contributed by atoms with van der Waals surface area (Å²) in [6, 6.07) is 0. The molecule has 0 fully saturated rings. The zero-order chi connectivity index (χ0) is 13.1. The molecule has 18 heavy (non-hydrogen) atoms. The first-order chi connectivity index (χ1) is 8.60. The zero-order valence-corrected chi connectivity index (χ0v) is 11.7. The standard InChI is InChI=1S/C11H13ClN4OS/c1-3-7-6-18-9(14-7)4-13-11(17)10-8(12)5-16(2)15-10/h5-6H,3-4H2,1-2H3,(H,13,17). The highest BCUT2D eigenvalue weighted by atomic mass is 35.5. The lowest BCUT2D eigenvalue weighted by molar-refractivity contribution is 0.0945. The van der Waals surface area contributed by atoms with E-state index in [1.807, 2.05) is 12.3 Å². The fraction of sp³-hybridized carbons (Fsp3) is 0.364. The van der Waals surface area contributed by atoms with E-state index in [-0.39, 0.29) is 11.6 Å². The van der Waals surface area contributed by atoms with Crippen LogP contribution in [0.25, 0.3) is 0 Å². The summed E-state index contributed by atoms with van der Waals surface area (Å²) < 4.78 is 1.51. The maximum Gasteiger partial charge on any atom is 0.273 e. The van der Waals surface area contributed by atoms with Crippen molar-refractivity contribution < 1.29 is 4.79 Å². The fourth-order valence-corrected chi connectivity index (χ4v) is 2.53. The second-order valence-corrected chi connectivity index (χ2v) is 5.12. The molecule has 96 valence electrons. The number of nitrogens with zero attached hydrogens (tertiary/aromatic N) is 3. The van der Waals surface area contributed by atoms with Crippen molar-refractivity contribution in [1.82, 2.24) is 20.1 Å². The van der Waals surface area contributed by atoms with Crippen molar-refractivity contribution in [3.63, 3.8) is 0 Å². The van der Waals surface area contributed by atoms with Gasteiger partial charge in [-0.05, 0) is 6.42 Å². The van der Waals surface area contributed by atoms with Crippen LogP contribution in [-0.4, -0.2) is 20.7 Å². The summed E-state index contributed by atoms with van der Waals surface area (Å²) >= 11 is 7.43. The number of rotatable bonds is 4. The molecule has 2 aromatic heterocycles. The third-order valence-electron chi connectivity index (χ3n) is 2.36. The number of aryl methyl sites for hydroxylation is 2. The highest BCUT2D eigenvalue weighted by molar-refractivity contribution is 7.09. The van der Waals surface area contributed by atoms with Gasteiger partial charge < -0.3 is 5.32 Å². The third kappa shape index (κ3) is 2.88. The maximum absolute atomic E-state index is 11.8. The Morgan fingerprint density at radius 1 is 1.61 bits per heavy atom. The summed E-state index contributed by atoms with van der Waals surface area (Å²) in [6.07, 6.45) is 2.49. The van der Waals surface area contributed by atoms with Crippen molar-refractivity contribution in [2.24, 2.45) is 7.05 Å². The summed E-state index contributed by atoms with van der Waals surface area (Å²) in [5.74, 6) is -0.283. The molecule has 2 heterocycles. The highest BCUT2D eigenvalue weighted by Crippen LogP contribution is 2.14. The van der Waals surface area contributed by atoms with Crippen LogP contribution in [-0.2, 0) is 20.0 Å². The summed E-state index contributed by atoms with van der Waals surface area (Å²) in [5, 5.41) is 9.98. The first-order valence-electron chi connectivity index (χ1n) is 5.50. The summed E-state index contributed by atoms with van der Waals surface area (Å²) in [6.45, 7) is 2.45. The lowest BCUT2D eigenvalue weighted by atomic mass is 10.4. The zero-order valence-electron chi connectivity index (χ0n) is 10.1. The number of hydrogen-bond acceptors (Lipinski definition) is 4. The van der Waals surface area contributed by atoms with Gasteiger partial charge in [-0.15, -0.1) is 11.3 Å². The lowest BCUT2D eigenvalue weighted by Crippen LogP contribution is -2.23. The molecule has 0 aromatic carbocycles. The molecule has 1 amide bonds. The minimum Gasteiger partial charge on any atom is -0.344 e. The molecule has 0 saturated carbocycles. The molecular weight excluding hydrogens is 272 g/mol. The molecular formula is C11H13ClN4OS. The molecule has 0 spiro atoms. The van der Waals surface area contributed by atoms with Gasteiger partial charge in [0.15, 0.2) is 5.69 Å². The second-order valence-electron chi connectivity index (χ2n) is 3.77. The molecule has 0 saturated heterocycles. The van der Waals surface area contributed by atoms with Gasteiger partial charge in [0.2, 0.25) is 0 Å². The predicted molar refractivity (Wildman–Crippen MR) is 70.9 cm³/mol. The van der Waals surface area contributed by atoms with E-state index < -0.39 is 0 Å². The van der Waals surface area contributed by atoms with E-state index in [1.54, 1.807) is 13.2 Å². The smallest absolute Gasteiger partial charge is 0.273 e. The van der Waals surface area contributed by atoms with Gasteiger partial charge >= 0.3 is 0 Å². The SMILES string of the molecule is CCc1csc(CNC(=O)c2nn(C)cc2Cl)n1. The maximum atomic E-state index is 11.8. The van der Waals surface area contributed by atoms with Crippen LogP contribution >= 0.6 is 22.9 Å². The molecule has 0 aliphatic rings. The number of amides is 1. The summed E-state index contributed by atoms with van der Waals surface area (Å²) in [7, 11) is 1.72. The van der Waals surface area contributed by atoms with Gasteiger partial charge in [0, 0.05) is 18.6 Å². The van der Waals surface area contributed by atoms with Crippen LogP contribution in [0.5, 0.6) is 0 Å². The Labute approximate surface area is 114 Å². The van der Waals surface area contributed by atoms with Gasteiger partial charge in [-0.25, -0.2) is 4.98 Å². The third-order valence-corrected chi connectivity index (χ3v) is 3.54. The number of carbonyl (C=O) groups is 1. The van der Waals surface area contributed by atoms with Crippen LogP contribution in [0, 0.1) is 0 Å². The fourth-order valence-electron chi connectivity index (χ4n) is 1.45. The van der Waals surface area contributed by atoms with Crippen LogP contribution in [0.4, 0.5) is 0 Å². The largest absolute Gasteiger partial charge is 0.344 e. The van der Waals surface area contributed by atoms with Crippen LogP contribution in [0.15, 0.2) is 11.6 Å². The first kappa shape index (κ1) is 13.0. The second kappa shape index (κ2) is 5.49. The molecule has 2 aromatic rings. The van der Waals surface area contributed by atoms with Crippen molar-refractivity contribution in [2.45, 2.75) is 19.9 Å². The molecule has 0 aliphatic heterocycles. The lowest BCUT2D eigenvalue weighted by Gasteiger charge is -2.00. The van der Waals surface area contributed by atoms with E-state index in [1.165, 1.54) is 16.0 Å². The predicted octanol–water partition coefficient (Wildman–Crippen LogP) is 2.02. The van der Waals surface area contributed by atoms with Gasteiger partial charge in [0.1, 0.15) is 5.01 Å². The summed E-state index contributed by atoms with van der Waals surface area (Å²) in [5.41, 5.74) is 1.28. The first-order valence-corrected chi connectivity index (χ1v) is 6.76. The van der Waals surface area contributed by atoms with E-state index in [0.717, 1.165) is 17.1 Å². The Morgan fingerprint density at radius 2 is 2.39 bits per heavy atom. The average molecular weight is 285 g/mol. The van der Waals surface area contributed by atoms with Crippen LogP contribution < -0.4 is 5.32 Å². The van der Waals surface area contributed by atoms with Crippen molar-refractivity contribution in [3.8, 4) is 0 Å². The molecule has 2 rings (SSSR count). The number of aromatic nitrogens is 3. The molecule has 5 nitrogen and oxygen atoms in total. The Kier molecular flexibility index (Phi) is 3.98. The number of halogens is 1. The molecule has 0 bridgehead atoms. The van der Waals surface area contributed by atoms with Crippen molar-refractivity contribution in [3.05, 3.63) is 33.0 Å². The average Bonchev–Trinajstić information content (AvgIpc) is 2.92. The van der Waals surface area contributed by atoms with Gasteiger partial charge in [-0.1, -0.05) is 18.5 Å². The van der Waals surface area contributed by atoms with Gasteiger partial charge in [-0.3, -0.25) is 9.48 Å². The minimum absolute atomic E-state index is 0.242. The Balaban J connectivity index is 1.98. The van der Waals surface area contributed by atoms with E-state index in [9.17, 15) is 4.79 Å². The van der Waals surface area contributed by atoms with E-state index in [2.05, 4.69) is 15.4 Å². The molecule has 1 N–H and O–H groups in total. The molecule has 0 radical (unpaired) electrons. The van der Waals surface area contributed by atoms with Crippen molar-refractivity contribution in [1.29, 1.82) is 0 Å². The monoisotopic (exact) mass is 284 g/mol. The van der Waals surface area contributed by atoms with Gasteiger partial charge in [-0.2, -0.15) is 5.10 Å². The van der Waals surface area contributed by atoms with Gasteiger partial charge in [0.05, 0.1) is 17.3 Å². The Morgan fingerprint density at radius 3 is 2.94 bits per heavy atom. The van der Waals surface area contributed by atoms with Crippen LogP contribution in [0.1, 0.15) is 28.1 Å². The molecule has 0 unspecified atom stereocenters. The van der Waals surface area contributed by atoms with E-state index in [4.69, 9.17) is 11.6 Å². The Hall–Kier alpha value is -1.40. The topological polar surface area (TPSA) is 59.8 Å². The number of nitrogens with one attached hydrogen (secondary N) is 1. The Bertz CT molecular complexity index is 563. The van der Waals surface area contributed by atoms with E-state index >= 15 is 0 Å². The molecule has 7 heteroatoms.